The van der Waals surface area contributed by atoms with E-state index < -0.39 is 12.2 Å². The molecule has 0 fully saturated rings. The second-order valence-electron chi connectivity index (χ2n) is 1.51. The van der Waals surface area contributed by atoms with Crippen LogP contribution >= 0.6 is 0 Å². The second-order valence-corrected chi connectivity index (χ2v) is 1.51. The fraction of sp³-hybridized carbons (Fsp3) is 0.667. The molecule has 11 heavy (non-hydrogen) atoms. The van der Waals surface area contributed by atoms with Gasteiger partial charge in [0.1, 0.15) is 0 Å². The highest BCUT2D eigenvalue weighted by atomic mass is 16.6. The smallest absolute Gasteiger partial charge is 0.439 e. The molecule has 0 aromatic rings. The van der Waals surface area contributed by atoms with Crippen LogP contribution in [0, 0.1) is 0 Å². The van der Waals surface area contributed by atoms with Crippen LogP contribution in [0.3, 0.4) is 0 Å². The molecule has 5 nitrogen and oxygen atoms in total. The zero-order valence-electron chi connectivity index (χ0n) is 6.49. The molecule has 1 radical (unpaired) electrons. The lowest BCUT2D eigenvalue weighted by atomic mass is 10.8. The monoisotopic (exact) mass is 160 g/mol. The van der Waals surface area contributed by atoms with Crippen molar-refractivity contribution in [2.45, 2.75) is 13.8 Å². The van der Waals surface area contributed by atoms with E-state index in [-0.39, 0.29) is 13.2 Å². The summed E-state index contributed by atoms with van der Waals surface area (Å²) in [6.07, 6.45) is -1.82. The maximum absolute atomic E-state index is 10.4. The fourth-order valence-electron chi connectivity index (χ4n) is 0.386. The lowest BCUT2D eigenvalue weighted by Gasteiger charge is -1.99. The molecule has 5 heteroatoms. The highest BCUT2D eigenvalue weighted by molar-refractivity contribution is 5.86. The van der Waals surface area contributed by atoms with Crippen LogP contribution in [0.4, 0.5) is 9.59 Å². The van der Waals surface area contributed by atoms with Crippen molar-refractivity contribution in [3.05, 3.63) is 0 Å². The summed E-state index contributed by atoms with van der Waals surface area (Å²) in [6, 6.07) is 0. The number of imide groups is 1. The van der Waals surface area contributed by atoms with E-state index in [1.807, 2.05) is 0 Å². The van der Waals surface area contributed by atoms with Gasteiger partial charge in [0.05, 0.1) is 13.2 Å². The third-order valence-electron chi connectivity index (χ3n) is 0.718. The lowest BCUT2D eigenvalue weighted by molar-refractivity contribution is 0.129. The number of hydrogen-bond donors (Lipinski definition) is 0. The summed E-state index contributed by atoms with van der Waals surface area (Å²) < 4.78 is 8.70. The van der Waals surface area contributed by atoms with Gasteiger partial charge in [-0.3, -0.25) is 0 Å². The van der Waals surface area contributed by atoms with Crippen molar-refractivity contribution < 1.29 is 19.1 Å². The average Bonchev–Trinajstić information content (AvgIpc) is 1.87. The fourth-order valence-corrected chi connectivity index (χ4v) is 0.386. The van der Waals surface area contributed by atoms with E-state index in [9.17, 15) is 9.59 Å². The standard InChI is InChI=1S/C6H10NO4/c1-3-10-5(8)7-6(9)11-4-2/h3-4H2,1-2H3. The van der Waals surface area contributed by atoms with Gasteiger partial charge in [-0.15, -0.1) is 0 Å². The summed E-state index contributed by atoms with van der Waals surface area (Å²) >= 11 is 0. The van der Waals surface area contributed by atoms with Gasteiger partial charge in [0.25, 0.3) is 0 Å². The molecular weight excluding hydrogens is 150 g/mol. The maximum atomic E-state index is 10.4. The van der Waals surface area contributed by atoms with E-state index >= 15 is 0 Å². The first kappa shape index (κ1) is 9.74. The predicted molar refractivity (Wildman–Crippen MR) is 36.2 cm³/mol. The number of ether oxygens (including phenoxy) is 2. The summed E-state index contributed by atoms with van der Waals surface area (Å²) in [5.74, 6) is 0. The summed E-state index contributed by atoms with van der Waals surface area (Å²) in [5.41, 5.74) is 0. The van der Waals surface area contributed by atoms with E-state index in [1.54, 1.807) is 13.8 Å². The van der Waals surface area contributed by atoms with Crippen molar-refractivity contribution in [3.8, 4) is 0 Å². The Morgan fingerprint density at radius 2 is 1.45 bits per heavy atom. The number of carbonyl (C=O) groups excluding carboxylic acids is 2. The minimum atomic E-state index is -0.911. The van der Waals surface area contributed by atoms with Crippen molar-refractivity contribution in [2.24, 2.45) is 0 Å². The molecule has 0 heterocycles. The average molecular weight is 160 g/mol. The number of rotatable bonds is 2. The first-order chi connectivity index (χ1) is 5.20. The topological polar surface area (TPSA) is 66.7 Å². The number of nitrogens with zero attached hydrogens (tertiary/aromatic N) is 1. The van der Waals surface area contributed by atoms with Crippen LogP contribution in [-0.2, 0) is 9.47 Å². The molecule has 0 bridgehead atoms. The Bertz CT molecular complexity index is 130. The van der Waals surface area contributed by atoms with E-state index in [0.717, 1.165) is 0 Å². The molecule has 0 aliphatic carbocycles. The molecular formula is C6H10NO4. The number of hydrogen-bond acceptors (Lipinski definition) is 4. The largest absolute Gasteiger partial charge is 0.448 e. The molecule has 0 spiro atoms. The van der Waals surface area contributed by atoms with Gasteiger partial charge in [0.15, 0.2) is 0 Å². The minimum absolute atomic E-state index is 0.196. The van der Waals surface area contributed by atoms with E-state index in [2.05, 4.69) is 14.8 Å². The maximum Gasteiger partial charge on any atom is 0.439 e. The second kappa shape index (κ2) is 5.52. The molecule has 2 amide bonds. The zero-order valence-corrected chi connectivity index (χ0v) is 6.49. The molecule has 0 saturated heterocycles. The van der Waals surface area contributed by atoms with Crippen molar-refractivity contribution in [1.29, 1.82) is 0 Å². The number of carbonyl (C=O) groups is 2. The molecule has 0 rings (SSSR count). The molecule has 0 N–H and O–H groups in total. The van der Waals surface area contributed by atoms with E-state index in [0.29, 0.717) is 0 Å². The Balaban J connectivity index is 3.49. The van der Waals surface area contributed by atoms with Crippen LogP contribution in [0.5, 0.6) is 0 Å². The minimum Gasteiger partial charge on any atom is -0.448 e. The third kappa shape index (κ3) is 5.20. The predicted octanol–water partition coefficient (Wildman–Crippen LogP) is 0.904. The summed E-state index contributed by atoms with van der Waals surface area (Å²) in [6.45, 7) is 3.64. The quantitative estimate of drug-likeness (QED) is 0.602. The molecule has 0 aromatic heterocycles. The van der Waals surface area contributed by atoms with Crippen molar-refractivity contribution >= 4 is 12.2 Å². The summed E-state index contributed by atoms with van der Waals surface area (Å²) in [7, 11) is 0. The Labute approximate surface area is 64.7 Å². The number of amides is 2. The van der Waals surface area contributed by atoms with E-state index in [1.165, 1.54) is 0 Å². The summed E-state index contributed by atoms with van der Waals surface area (Å²) in [4.78, 5) is 20.9. The van der Waals surface area contributed by atoms with Crippen LogP contribution in [0.15, 0.2) is 0 Å². The highest BCUT2D eigenvalue weighted by Crippen LogP contribution is 1.82. The van der Waals surface area contributed by atoms with Crippen LogP contribution in [0.1, 0.15) is 13.8 Å². The Kier molecular flexibility index (Phi) is 4.89. The van der Waals surface area contributed by atoms with Gasteiger partial charge in [0.2, 0.25) is 0 Å². The van der Waals surface area contributed by atoms with Gasteiger partial charge < -0.3 is 9.47 Å². The first-order valence-electron chi connectivity index (χ1n) is 3.26. The molecule has 0 aliphatic rings. The normalized spacial score (nSPS) is 8.55. The lowest BCUT2D eigenvalue weighted by Crippen LogP contribution is -2.24. The molecule has 0 unspecified atom stereocenters. The van der Waals surface area contributed by atoms with Gasteiger partial charge in [-0.25, -0.2) is 9.59 Å². The van der Waals surface area contributed by atoms with Crippen molar-refractivity contribution in [1.82, 2.24) is 5.32 Å². The molecule has 0 saturated carbocycles. The van der Waals surface area contributed by atoms with Gasteiger partial charge in [-0.1, -0.05) is 5.32 Å². The Hall–Kier alpha value is -1.26. The Morgan fingerprint density at radius 3 is 1.73 bits per heavy atom. The Morgan fingerprint density at radius 1 is 1.09 bits per heavy atom. The SMILES string of the molecule is CCOC(=O)[N]C(=O)OCC. The van der Waals surface area contributed by atoms with Crippen LogP contribution < -0.4 is 5.32 Å². The highest BCUT2D eigenvalue weighted by Gasteiger charge is 2.10. The van der Waals surface area contributed by atoms with Gasteiger partial charge in [-0.2, -0.15) is 0 Å². The zero-order chi connectivity index (χ0) is 8.69. The van der Waals surface area contributed by atoms with Gasteiger partial charge >= 0.3 is 12.2 Å². The van der Waals surface area contributed by atoms with E-state index in [4.69, 9.17) is 0 Å². The van der Waals surface area contributed by atoms with Crippen LogP contribution in [-0.4, -0.2) is 25.4 Å². The molecule has 0 atom stereocenters. The van der Waals surface area contributed by atoms with Gasteiger partial charge in [0, 0.05) is 0 Å². The van der Waals surface area contributed by atoms with Crippen LogP contribution in [0.25, 0.3) is 0 Å². The van der Waals surface area contributed by atoms with Crippen molar-refractivity contribution in [2.75, 3.05) is 13.2 Å². The molecule has 63 valence electrons. The van der Waals surface area contributed by atoms with Crippen LogP contribution in [0.2, 0.25) is 0 Å². The first-order valence-corrected chi connectivity index (χ1v) is 3.26. The molecule has 0 aliphatic heterocycles. The third-order valence-corrected chi connectivity index (χ3v) is 0.718. The molecule has 0 aromatic carbocycles. The van der Waals surface area contributed by atoms with Gasteiger partial charge in [-0.05, 0) is 13.8 Å². The summed E-state index contributed by atoms with van der Waals surface area (Å²) in [5, 5.41) is 2.93. The van der Waals surface area contributed by atoms with Crippen molar-refractivity contribution in [3.63, 3.8) is 0 Å².